The van der Waals surface area contributed by atoms with Crippen LogP contribution in [0.5, 0.6) is 5.75 Å². The highest BCUT2D eigenvalue weighted by atomic mass is 16.5. The van der Waals surface area contributed by atoms with Crippen LogP contribution in [-0.4, -0.2) is 47.3 Å². The molecule has 0 aliphatic carbocycles. The molecule has 1 aliphatic rings. The fourth-order valence-corrected chi connectivity index (χ4v) is 3.77. The maximum atomic E-state index is 12.5. The molecular formula is C25H25N3O4. The molecule has 1 N–H and O–H groups in total. The number of para-hydroxylation sites is 1. The minimum Gasteiger partial charge on any atom is -0.491 e. The smallest absolute Gasteiger partial charge is 0.261 e. The standard InChI is InChI=1S/C25H25N3O4/c1-17-10-11-19-20(16-17)25(31)28(24(19)30)14-4-9-22(29)26-13-5-15-32-21-8-2-6-18-7-3-12-27-23(18)21/h2-3,6-8,10-12,16H,4-5,9,13-15H2,1H3,(H,26,29). The molecule has 0 fully saturated rings. The third-order valence-electron chi connectivity index (χ3n) is 5.41. The molecule has 7 nitrogen and oxygen atoms in total. The number of aryl methyl sites for hydroxylation is 1. The fraction of sp³-hybridized carbons (Fsp3) is 0.280. The van der Waals surface area contributed by atoms with Gasteiger partial charge in [-0.15, -0.1) is 0 Å². The number of benzene rings is 2. The van der Waals surface area contributed by atoms with E-state index in [0.29, 0.717) is 37.1 Å². The van der Waals surface area contributed by atoms with Crippen molar-refractivity contribution in [3.05, 3.63) is 71.4 Å². The van der Waals surface area contributed by atoms with E-state index in [1.165, 1.54) is 4.90 Å². The Hall–Kier alpha value is -3.74. The SMILES string of the molecule is Cc1ccc2c(c1)C(=O)N(CCCC(=O)NCCCOc1cccc3cccnc13)C2=O. The summed E-state index contributed by atoms with van der Waals surface area (Å²) in [6, 6.07) is 14.9. The van der Waals surface area contributed by atoms with Crippen LogP contribution in [0.3, 0.4) is 0 Å². The van der Waals surface area contributed by atoms with Gasteiger partial charge in [-0.2, -0.15) is 0 Å². The molecule has 7 heteroatoms. The molecule has 0 radical (unpaired) electrons. The predicted molar refractivity (Wildman–Crippen MR) is 121 cm³/mol. The quantitative estimate of drug-likeness (QED) is 0.414. The number of carbonyl (C=O) groups is 3. The first-order valence-corrected chi connectivity index (χ1v) is 10.7. The van der Waals surface area contributed by atoms with Crippen LogP contribution in [0.4, 0.5) is 0 Å². The van der Waals surface area contributed by atoms with Gasteiger partial charge in [0, 0.05) is 31.1 Å². The number of fused-ring (bicyclic) bond motifs is 2. The van der Waals surface area contributed by atoms with Crippen molar-refractivity contribution in [1.82, 2.24) is 15.2 Å². The minimum absolute atomic E-state index is 0.107. The second-order valence-electron chi connectivity index (χ2n) is 7.80. The Morgan fingerprint density at radius 3 is 2.72 bits per heavy atom. The Labute approximate surface area is 186 Å². The first kappa shape index (κ1) is 21.5. The van der Waals surface area contributed by atoms with E-state index in [1.807, 2.05) is 43.3 Å². The van der Waals surface area contributed by atoms with Crippen molar-refractivity contribution in [2.24, 2.45) is 0 Å². The van der Waals surface area contributed by atoms with E-state index in [-0.39, 0.29) is 30.7 Å². The summed E-state index contributed by atoms with van der Waals surface area (Å²) in [6.07, 6.45) is 3.07. The molecule has 1 aliphatic heterocycles. The number of nitrogens with one attached hydrogen (secondary N) is 1. The van der Waals surface area contributed by atoms with Gasteiger partial charge < -0.3 is 10.1 Å². The highest BCUT2D eigenvalue weighted by molar-refractivity contribution is 6.21. The number of hydrogen-bond donors (Lipinski definition) is 1. The first-order chi connectivity index (χ1) is 15.5. The summed E-state index contributed by atoms with van der Waals surface area (Å²) < 4.78 is 5.82. The van der Waals surface area contributed by atoms with Gasteiger partial charge in [0.05, 0.1) is 17.7 Å². The molecule has 2 heterocycles. The molecule has 0 saturated heterocycles. The zero-order valence-corrected chi connectivity index (χ0v) is 18.0. The van der Waals surface area contributed by atoms with Gasteiger partial charge in [-0.1, -0.05) is 29.8 Å². The van der Waals surface area contributed by atoms with Crippen molar-refractivity contribution in [3.63, 3.8) is 0 Å². The Balaban J connectivity index is 1.16. The van der Waals surface area contributed by atoms with Crippen LogP contribution in [0.15, 0.2) is 54.7 Å². The molecule has 0 unspecified atom stereocenters. The van der Waals surface area contributed by atoms with E-state index in [4.69, 9.17) is 4.74 Å². The largest absolute Gasteiger partial charge is 0.491 e. The van der Waals surface area contributed by atoms with Gasteiger partial charge in [-0.05, 0) is 44.0 Å². The van der Waals surface area contributed by atoms with Crippen molar-refractivity contribution in [1.29, 1.82) is 0 Å². The van der Waals surface area contributed by atoms with Gasteiger partial charge in [0.1, 0.15) is 11.3 Å². The van der Waals surface area contributed by atoms with Gasteiger partial charge in [0.15, 0.2) is 0 Å². The number of ether oxygens (including phenoxy) is 1. The average Bonchev–Trinajstić information content (AvgIpc) is 3.03. The van der Waals surface area contributed by atoms with Crippen LogP contribution in [0.25, 0.3) is 10.9 Å². The lowest BCUT2D eigenvalue weighted by molar-refractivity contribution is -0.121. The van der Waals surface area contributed by atoms with Gasteiger partial charge in [-0.3, -0.25) is 24.3 Å². The Bertz CT molecular complexity index is 1170. The van der Waals surface area contributed by atoms with Crippen LogP contribution >= 0.6 is 0 Å². The van der Waals surface area contributed by atoms with E-state index in [2.05, 4.69) is 10.3 Å². The Kier molecular flexibility index (Phi) is 6.44. The zero-order chi connectivity index (χ0) is 22.5. The van der Waals surface area contributed by atoms with Gasteiger partial charge in [0.25, 0.3) is 11.8 Å². The third kappa shape index (κ3) is 4.61. The number of amides is 3. The molecule has 164 valence electrons. The number of nitrogens with zero attached hydrogens (tertiary/aromatic N) is 2. The number of aromatic nitrogens is 1. The zero-order valence-electron chi connectivity index (χ0n) is 18.0. The monoisotopic (exact) mass is 431 g/mol. The van der Waals surface area contributed by atoms with Crippen molar-refractivity contribution in [3.8, 4) is 5.75 Å². The van der Waals surface area contributed by atoms with Crippen molar-refractivity contribution in [2.45, 2.75) is 26.2 Å². The molecule has 3 amide bonds. The van der Waals surface area contributed by atoms with Crippen molar-refractivity contribution >= 4 is 28.6 Å². The molecule has 0 saturated carbocycles. The van der Waals surface area contributed by atoms with E-state index >= 15 is 0 Å². The molecule has 0 bridgehead atoms. The summed E-state index contributed by atoms with van der Waals surface area (Å²) in [7, 11) is 0. The van der Waals surface area contributed by atoms with E-state index in [1.54, 1.807) is 18.3 Å². The summed E-state index contributed by atoms with van der Waals surface area (Å²) >= 11 is 0. The lowest BCUT2D eigenvalue weighted by Gasteiger charge is -2.13. The van der Waals surface area contributed by atoms with E-state index < -0.39 is 0 Å². The second kappa shape index (κ2) is 9.60. The number of imide groups is 1. The van der Waals surface area contributed by atoms with Crippen LogP contribution in [0, 0.1) is 6.92 Å². The summed E-state index contributed by atoms with van der Waals surface area (Å²) in [6.45, 7) is 3.07. The third-order valence-corrected chi connectivity index (χ3v) is 5.41. The van der Waals surface area contributed by atoms with Crippen molar-refractivity contribution < 1.29 is 19.1 Å². The molecule has 32 heavy (non-hydrogen) atoms. The lowest BCUT2D eigenvalue weighted by Crippen LogP contribution is -2.32. The first-order valence-electron chi connectivity index (χ1n) is 10.7. The molecule has 0 atom stereocenters. The normalized spacial score (nSPS) is 12.8. The molecule has 3 aromatic rings. The van der Waals surface area contributed by atoms with Gasteiger partial charge >= 0.3 is 0 Å². The second-order valence-corrected chi connectivity index (χ2v) is 7.80. The van der Waals surface area contributed by atoms with E-state index in [0.717, 1.165) is 22.2 Å². The van der Waals surface area contributed by atoms with Crippen LogP contribution < -0.4 is 10.1 Å². The number of pyridine rings is 1. The average molecular weight is 431 g/mol. The summed E-state index contributed by atoms with van der Waals surface area (Å²) in [5.74, 6) is 0.0505. The molecule has 0 spiro atoms. The fourth-order valence-electron chi connectivity index (χ4n) is 3.77. The minimum atomic E-state index is -0.287. The number of rotatable bonds is 9. The molecule has 4 rings (SSSR count). The number of hydrogen-bond acceptors (Lipinski definition) is 5. The summed E-state index contributed by atoms with van der Waals surface area (Å²) in [4.78, 5) is 42.6. The Morgan fingerprint density at radius 1 is 1.03 bits per heavy atom. The number of carbonyl (C=O) groups excluding carboxylic acids is 3. The van der Waals surface area contributed by atoms with Crippen LogP contribution in [-0.2, 0) is 4.79 Å². The van der Waals surface area contributed by atoms with Gasteiger partial charge in [0.2, 0.25) is 5.91 Å². The van der Waals surface area contributed by atoms with Crippen molar-refractivity contribution in [2.75, 3.05) is 19.7 Å². The lowest BCUT2D eigenvalue weighted by atomic mass is 10.1. The van der Waals surface area contributed by atoms with E-state index in [9.17, 15) is 14.4 Å². The van der Waals surface area contributed by atoms with Crippen LogP contribution in [0.2, 0.25) is 0 Å². The molecular weight excluding hydrogens is 406 g/mol. The summed E-state index contributed by atoms with van der Waals surface area (Å²) in [5.41, 5.74) is 2.64. The molecule has 1 aromatic heterocycles. The molecule has 2 aromatic carbocycles. The topological polar surface area (TPSA) is 88.6 Å². The van der Waals surface area contributed by atoms with Crippen LogP contribution in [0.1, 0.15) is 45.5 Å². The maximum absolute atomic E-state index is 12.5. The highest BCUT2D eigenvalue weighted by Crippen LogP contribution is 2.24. The van der Waals surface area contributed by atoms with Gasteiger partial charge in [-0.25, -0.2) is 0 Å². The predicted octanol–water partition coefficient (Wildman–Crippen LogP) is 3.50. The maximum Gasteiger partial charge on any atom is 0.261 e. The highest BCUT2D eigenvalue weighted by Gasteiger charge is 2.34. The Morgan fingerprint density at radius 2 is 1.84 bits per heavy atom. The summed E-state index contributed by atoms with van der Waals surface area (Å²) in [5, 5.41) is 3.88.